The molecule has 0 aromatic carbocycles. The molecule has 2 rings (SSSR count). The molecule has 2 aromatic heterocycles. The van der Waals surface area contributed by atoms with Crippen LogP contribution in [0.2, 0.25) is 0 Å². The Kier molecular flexibility index (Phi) is 5.55. The molecule has 5 nitrogen and oxygen atoms in total. The van der Waals surface area contributed by atoms with Crippen LogP contribution in [0.5, 0.6) is 0 Å². The maximum atomic E-state index is 4.44. The summed E-state index contributed by atoms with van der Waals surface area (Å²) in [5.74, 6) is 0. The molecule has 0 fully saturated rings. The lowest BCUT2D eigenvalue weighted by Crippen LogP contribution is -2.27. The molecular formula is C14H23N5S. The summed E-state index contributed by atoms with van der Waals surface area (Å²) in [5.41, 5.74) is 2.14. The quantitative estimate of drug-likeness (QED) is 0.812. The molecule has 0 saturated carbocycles. The van der Waals surface area contributed by atoms with E-state index in [9.17, 15) is 0 Å². The number of hydrogen-bond donors (Lipinski definition) is 1. The van der Waals surface area contributed by atoms with Gasteiger partial charge in [0.1, 0.15) is 0 Å². The number of hydrogen-bond acceptors (Lipinski definition) is 5. The first kappa shape index (κ1) is 15.0. The van der Waals surface area contributed by atoms with E-state index < -0.39 is 0 Å². The predicted octanol–water partition coefficient (Wildman–Crippen LogP) is 2.60. The van der Waals surface area contributed by atoms with Crippen LogP contribution < -0.4 is 5.32 Å². The molecule has 6 heteroatoms. The molecule has 0 aliphatic carbocycles. The highest BCUT2D eigenvalue weighted by molar-refractivity contribution is 7.09. The zero-order chi connectivity index (χ0) is 14.4. The molecule has 0 radical (unpaired) electrons. The lowest BCUT2D eigenvalue weighted by atomic mass is 10.4. The minimum atomic E-state index is 0.756. The van der Waals surface area contributed by atoms with Gasteiger partial charge in [-0.2, -0.15) is 5.10 Å². The second-order valence-electron chi connectivity index (χ2n) is 4.73. The van der Waals surface area contributed by atoms with Crippen LogP contribution in [-0.2, 0) is 13.1 Å². The van der Waals surface area contributed by atoms with Crippen LogP contribution >= 0.6 is 11.3 Å². The molecule has 0 saturated heterocycles. The third-order valence-electron chi connectivity index (χ3n) is 3.31. The fourth-order valence-corrected chi connectivity index (χ4v) is 2.66. The largest absolute Gasteiger partial charge is 0.377 e. The van der Waals surface area contributed by atoms with Crippen molar-refractivity contribution in [2.24, 2.45) is 0 Å². The van der Waals surface area contributed by atoms with E-state index in [2.05, 4.69) is 45.7 Å². The number of anilines is 1. The highest BCUT2D eigenvalue weighted by Gasteiger charge is 2.03. The summed E-state index contributed by atoms with van der Waals surface area (Å²) in [6.07, 6.45) is 3.93. The van der Waals surface area contributed by atoms with E-state index >= 15 is 0 Å². The van der Waals surface area contributed by atoms with Gasteiger partial charge < -0.3 is 10.2 Å². The number of thiazole rings is 1. The molecule has 2 heterocycles. The van der Waals surface area contributed by atoms with Gasteiger partial charge in [-0.1, -0.05) is 13.8 Å². The van der Waals surface area contributed by atoms with Crippen molar-refractivity contribution in [1.29, 1.82) is 0 Å². The summed E-state index contributed by atoms with van der Waals surface area (Å²) >= 11 is 1.68. The van der Waals surface area contributed by atoms with E-state index in [0.717, 1.165) is 49.1 Å². The highest BCUT2D eigenvalue weighted by Crippen LogP contribution is 2.11. The van der Waals surface area contributed by atoms with Gasteiger partial charge in [-0.25, -0.2) is 4.98 Å². The number of rotatable bonds is 8. The Labute approximate surface area is 124 Å². The molecule has 2 aromatic rings. The summed E-state index contributed by atoms with van der Waals surface area (Å²) in [5, 5.41) is 10.9. The smallest absolute Gasteiger partial charge is 0.0898 e. The van der Waals surface area contributed by atoms with Crippen molar-refractivity contribution in [2.75, 3.05) is 25.0 Å². The summed E-state index contributed by atoms with van der Waals surface area (Å²) in [6.45, 7) is 11.3. The number of aromatic nitrogens is 3. The van der Waals surface area contributed by atoms with Crippen LogP contribution in [0.1, 0.15) is 24.5 Å². The summed E-state index contributed by atoms with van der Waals surface area (Å²) < 4.78 is 1.99. The van der Waals surface area contributed by atoms with Gasteiger partial charge in [0.25, 0.3) is 0 Å². The lowest BCUT2D eigenvalue weighted by Gasteiger charge is -2.17. The zero-order valence-electron chi connectivity index (χ0n) is 12.5. The number of aryl methyl sites for hydroxylation is 1. The van der Waals surface area contributed by atoms with Crippen molar-refractivity contribution in [3.05, 3.63) is 28.5 Å². The van der Waals surface area contributed by atoms with E-state index in [0.29, 0.717) is 0 Å². The van der Waals surface area contributed by atoms with Crippen molar-refractivity contribution >= 4 is 17.0 Å². The van der Waals surface area contributed by atoms with Gasteiger partial charge in [0, 0.05) is 18.1 Å². The normalized spacial score (nSPS) is 11.2. The maximum absolute atomic E-state index is 4.44. The van der Waals surface area contributed by atoms with Crippen molar-refractivity contribution in [3.8, 4) is 0 Å². The molecule has 1 N–H and O–H groups in total. The van der Waals surface area contributed by atoms with Crippen molar-refractivity contribution in [2.45, 2.75) is 33.9 Å². The van der Waals surface area contributed by atoms with Crippen LogP contribution in [0.25, 0.3) is 0 Å². The highest BCUT2D eigenvalue weighted by atomic mass is 32.1. The molecular weight excluding hydrogens is 270 g/mol. The van der Waals surface area contributed by atoms with Crippen molar-refractivity contribution < 1.29 is 0 Å². The first-order valence-corrected chi connectivity index (χ1v) is 7.99. The van der Waals surface area contributed by atoms with Gasteiger partial charge in [0.15, 0.2) is 0 Å². The lowest BCUT2D eigenvalue weighted by molar-refractivity contribution is 0.285. The SMILES string of the molecule is CCN(CC)CCn1cc(NCc2csc(C)n2)cn1. The Morgan fingerprint density at radius 3 is 2.80 bits per heavy atom. The fraction of sp³-hybridized carbons (Fsp3) is 0.571. The fourth-order valence-electron chi connectivity index (χ4n) is 2.04. The topological polar surface area (TPSA) is 46.0 Å². The first-order chi connectivity index (χ1) is 9.71. The molecule has 0 amide bonds. The minimum Gasteiger partial charge on any atom is -0.377 e. The third-order valence-corrected chi connectivity index (χ3v) is 4.14. The molecule has 0 atom stereocenters. The van der Waals surface area contributed by atoms with Gasteiger partial charge in [-0.3, -0.25) is 4.68 Å². The van der Waals surface area contributed by atoms with Crippen LogP contribution in [-0.4, -0.2) is 39.3 Å². The Hall–Kier alpha value is -1.40. The third kappa shape index (κ3) is 4.31. The monoisotopic (exact) mass is 293 g/mol. The van der Waals surface area contributed by atoms with Crippen molar-refractivity contribution in [1.82, 2.24) is 19.7 Å². The van der Waals surface area contributed by atoms with Gasteiger partial charge in [-0.05, 0) is 20.0 Å². The van der Waals surface area contributed by atoms with E-state index in [-0.39, 0.29) is 0 Å². The van der Waals surface area contributed by atoms with Crippen LogP contribution in [0, 0.1) is 6.92 Å². The molecule has 20 heavy (non-hydrogen) atoms. The second-order valence-corrected chi connectivity index (χ2v) is 5.79. The van der Waals surface area contributed by atoms with Crippen LogP contribution in [0.3, 0.4) is 0 Å². The molecule has 0 unspecified atom stereocenters. The number of nitrogens with zero attached hydrogens (tertiary/aromatic N) is 4. The maximum Gasteiger partial charge on any atom is 0.0898 e. The standard InChI is InChI=1S/C14H23N5S/c1-4-18(5-2)6-7-19-10-13(9-16-19)15-8-14-11-20-12(3)17-14/h9-11,15H,4-8H2,1-3H3. The molecule has 0 bridgehead atoms. The van der Waals surface area contributed by atoms with Gasteiger partial charge in [-0.15, -0.1) is 11.3 Å². The molecule has 0 aliphatic heterocycles. The van der Waals surface area contributed by atoms with E-state index in [4.69, 9.17) is 0 Å². The van der Waals surface area contributed by atoms with E-state index in [1.165, 1.54) is 0 Å². The zero-order valence-corrected chi connectivity index (χ0v) is 13.3. The number of likely N-dealkylation sites (N-methyl/N-ethyl adjacent to an activating group) is 1. The van der Waals surface area contributed by atoms with Crippen LogP contribution in [0.15, 0.2) is 17.8 Å². The van der Waals surface area contributed by atoms with Gasteiger partial charge in [0.2, 0.25) is 0 Å². The predicted molar refractivity (Wildman–Crippen MR) is 84.2 cm³/mol. The number of nitrogens with one attached hydrogen (secondary N) is 1. The average molecular weight is 293 g/mol. The molecule has 0 aliphatic rings. The Morgan fingerprint density at radius 1 is 1.35 bits per heavy atom. The Balaban J connectivity index is 1.80. The summed E-state index contributed by atoms with van der Waals surface area (Å²) in [6, 6.07) is 0. The van der Waals surface area contributed by atoms with Crippen LogP contribution in [0.4, 0.5) is 5.69 Å². The van der Waals surface area contributed by atoms with E-state index in [1.807, 2.05) is 17.8 Å². The minimum absolute atomic E-state index is 0.756. The van der Waals surface area contributed by atoms with Gasteiger partial charge >= 0.3 is 0 Å². The molecule has 0 spiro atoms. The van der Waals surface area contributed by atoms with E-state index in [1.54, 1.807) is 11.3 Å². The summed E-state index contributed by atoms with van der Waals surface area (Å²) in [4.78, 5) is 6.83. The van der Waals surface area contributed by atoms with Gasteiger partial charge in [0.05, 0.1) is 35.7 Å². The summed E-state index contributed by atoms with van der Waals surface area (Å²) in [7, 11) is 0. The second kappa shape index (κ2) is 7.40. The first-order valence-electron chi connectivity index (χ1n) is 7.11. The Morgan fingerprint density at radius 2 is 2.15 bits per heavy atom. The Bertz CT molecular complexity index is 515. The van der Waals surface area contributed by atoms with Crippen molar-refractivity contribution in [3.63, 3.8) is 0 Å². The molecule has 110 valence electrons. The average Bonchev–Trinajstić information content (AvgIpc) is 3.07.